The number of anilines is 1. The normalized spacial score (nSPS) is 11.5. The van der Waals surface area contributed by atoms with Crippen molar-refractivity contribution in [3.63, 3.8) is 0 Å². The molecule has 6 heteroatoms. The van der Waals surface area contributed by atoms with Crippen LogP contribution in [0.5, 0.6) is 0 Å². The van der Waals surface area contributed by atoms with Gasteiger partial charge in [0.05, 0.1) is 5.75 Å². The average molecular weight is 341 g/mol. The van der Waals surface area contributed by atoms with Gasteiger partial charge in [-0.15, -0.1) is 0 Å². The summed E-state index contributed by atoms with van der Waals surface area (Å²) in [4.78, 5) is 0. The number of halogens is 2. The summed E-state index contributed by atoms with van der Waals surface area (Å²) < 4.78 is 23.5. The smallest absolute Gasteiger partial charge is 0.150 e. The first kappa shape index (κ1) is 14.8. The monoisotopic (exact) mass is 339 g/mol. The van der Waals surface area contributed by atoms with E-state index in [0.29, 0.717) is 18.0 Å². The zero-order chi connectivity index (χ0) is 12.9. The third kappa shape index (κ3) is 5.27. The van der Waals surface area contributed by atoms with E-state index in [1.165, 1.54) is 0 Å². The van der Waals surface area contributed by atoms with Crippen LogP contribution in [-0.4, -0.2) is 26.5 Å². The Morgan fingerprint density at radius 2 is 2.12 bits per heavy atom. The number of nitrogens with one attached hydrogen (secondary N) is 1. The molecule has 1 N–H and O–H groups in total. The number of sulfone groups is 1. The molecular weight excluding hydrogens is 326 g/mol. The van der Waals surface area contributed by atoms with Crippen molar-refractivity contribution >= 4 is 43.1 Å². The zero-order valence-corrected chi connectivity index (χ0v) is 12.7. The quantitative estimate of drug-likeness (QED) is 0.808. The van der Waals surface area contributed by atoms with Crippen molar-refractivity contribution in [2.75, 3.05) is 23.4 Å². The largest absolute Gasteiger partial charge is 0.384 e. The summed E-state index contributed by atoms with van der Waals surface area (Å²) in [5, 5.41) is 3.80. The molecule has 96 valence electrons. The van der Waals surface area contributed by atoms with E-state index in [1.54, 1.807) is 19.1 Å². The Balaban J connectivity index is 2.44. The Bertz CT molecular complexity index is 476. The molecule has 0 saturated carbocycles. The second-order valence-electron chi connectivity index (χ2n) is 3.64. The Labute approximate surface area is 116 Å². The Hall–Kier alpha value is -0.260. The third-order valence-electron chi connectivity index (χ3n) is 2.32. The molecule has 0 amide bonds. The average Bonchev–Trinajstić information content (AvgIpc) is 2.29. The molecule has 0 aromatic heterocycles. The van der Waals surface area contributed by atoms with Crippen molar-refractivity contribution in [2.45, 2.75) is 13.3 Å². The molecule has 1 rings (SSSR count). The topological polar surface area (TPSA) is 46.2 Å². The fourth-order valence-corrected chi connectivity index (χ4v) is 2.72. The molecule has 0 radical (unpaired) electrons. The molecule has 0 aliphatic carbocycles. The highest BCUT2D eigenvalue weighted by Crippen LogP contribution is 2.25. The highest BCUT2D eigenvalue weighted by Gasteiger charge is 2.06. The van der Waals surface area contributed by atoms with Gasteiger partial charge in [0.15, 0.2) is 0 Å². The molecule has 1 aromatic carbocycles. The van der Waals surface area contributed by atoms with Crippen LogP contribution in [0.25, 0.3) is 0 Å². The minimum atomic E-state index is -2.87. The standard InChI is InChI=1S/C11H15BrClNO2S/c1-2-17(15,16)7-3-6-14-11-8-9(13)4-5-10(11)12/h4-5,8,14H,2-3,6-7H2,1H3. The molecule has 0 bridgehead atoms. The summed E-state index contributed by atoms with van der Waals surface area (Å²) in [6, 6.07) is 5.45. The van der Waals surface area contributed by atoms with Gasteiger partial charge in [-0.05, 0) is 40.5 Å². The molecule has 0 aliphatic rings. The van der Waals surface area contributed by atoms with Gasteiger partial charge in [-0.25, -0.2) is 8.42 Å². The van der Waals surface area contributed by atoms with Crippen molar-refractivity contribution < 1.29 is 8.42 Å². The Kier molecular flexibility index (Phi) is 5.76. The van der Waals surface area contributed by atoms with Crippen molar-refractivity contribution in [3.05, 3.63) is 27.7 Å². The highest BCUT2D eigenvalue weighted by atomic mass is 79.9. The van der Waals surface area contributed by atoms with Crippen LogP contribution in [0.2, 0.25) is 5.02 Å². The molecule has 0 aliphatic heterocycles. The van der Waals surface area contributed by atoms with Gasteiger partial charge in [-0.1, -0.05) is 18.5 Å². The van der Waals surface area contributed by atoms with Crippen molar-refractivity contribution in [3.8, 4) is 0 Å². The first-order valence-electron chi connectivity index (χ1n) is 5.34. The molecule has 0 heterocycles. The fourth-order valence-electron chi connectivity index (χ4n) is 1.29. The lowest BCUT2D eigenvalue weighted by atomic mass is 10.3. The summed E-state index contributed by atoms with van der Waals surface area (Å²) in [5.74, 6) is 0.419. The van der Waals surface area contributed by atoms with Crippen molar-refractivity contribution in [1.29, 1.82) is 0 Å². The Morgan fingerprint density at radius 3 is 2.76 bits per heavy atom. The van der Waals surface area contributed by atoms with E-state index in [2.05, 4.69) is 21.2 Å². The van der Waals surface area contributed by atoms with E-state index in [0.717, 1.165) is 10.2 Å². The molecule has 0 saturated heterocycles. The van der Waals surface area contributed by atoms with Crippen LogP contribution >= 0.6 is 27.5 Å². The predicted octanol–water partition coefficient (Wildman–Crippen LogP) is 3.34. The van der Waals surface area contributed by atoms with E-state index < -0.39 is 9.84 Å². The predicted molar refractivity (Wildman–Crippen MR) is 76.6 cm³/mol. The van der Waals surface area contributed by atoms with Gasteiger partial charge in [0, 0.05) is 27.5 Å². The van der Waals surface area contributed by atoms with Crippen LogP contribution < -0.4 is 5.32 Å². The first-order valence-corrected chi connectivity index (χ1v) is 8.33. The van der Waals surface area contributed by atoms with E-state index in [9.17, 15) is 8.42 Å². The third-order valence-corrected chi connectivity index (χ3v) is 5.03. The SMILES string of the molecule is CCS(=O)(=O)CCCNc1cc(Cl)ccc1Br. The summed E-state index contributed by atoms with van der Waals surface area (Å²) in [5.41, 5.74) is 0.881. The molecule has 1 aromatic rings. The fraction of sp³-hybridized carbons (Fsp3) is 0.455. The van der Waals surface area contributed by atoms with Gasteiger partial charge >= 0.3 is 0 Å². The molecule has 0 spiro atoms. The van der Waals surface area contributed by atoms with Crippen LogP contribution in [0.3, 0.4) is 0 Å². The number of benzene rings is 1. The van der Waals surface area contributed by atoms with Crippen LogP contribution in [0.1, 0.15) is 13.3 Å². The number of hydrogen-bond acceptors (Lipinski definition) is 3. The van der Waals surface area contributed by atoms with Crippen LogP contribution in [0.4, 0.5) is 5.69 Å². The van der Waals surface area contributed by atoms with Gasteiger partial charge in [0.2, 0.25) is 0 Å². The summed E-state index contributed by atoms with van der Waals surface area (Å²) in [6.45, 7) is 2.27. The van der Waals surface area contributed by atoms with E-state index in [1.807, 2.05) is 6.07 Å². The second-order valence-corrected chi connectivity index (χ2v) is 7.40. The zero-order valence-electron chi connectivity index (χ0n) is 9.54. The molecule has 0 atom stereocenters. The van der Waals surface area contributed by atoms with Gasteiger partial charge < -0.3 is 5.32 Å². The maximum Gasteiger partial charge on any atom is 0.150 e. The highest BCUT2D eigenvalue weighted by molar-refractivity contribution is 9.10. The van der Waals surface area contributed by atoms with Crippen LogP contribution in [0, 0.1) is 0 Å². The van der Waals surface area contributed by atoms with Crippen LogP contribution in [-0.2, 0) is 9.84 Å². The lowest BCUT2D eigenvalue weighted by molar-refractivity contribution is 0.595. The molecule has 17 heavy (non-hydrogen) atoms. The van der Waals surface area contributed by atoms with Crippen molar-refractivity contribution in [1.82, 2.24) is 0 Å². The minimum absolute atomic E-state index is 0.202. The number of rotatable bonds is 6. The van der Waals surface area contributed by atoms with Gasteiger partial charge in [-0.2, -0.15) is 0 Å². The van der Waals surface area contributed by atoms with E-state index >= 15 is 0 Å². The molecule has 0 fully saturated rings. The van der Waals surface area contributed by atoms with E-state index in [4.69, 9.17) is 11.6 Å². The summed E-state index contributed by atoms with van der Waals surface area (Å²) >= 11 is 9.26. The molecule has 0 unspecified atom stereocenters. The summed E-state index contributed by atoms with van der Waals surface area (Å²) in [7, 11) is -2.87. The summed E-state index contributed by atoms with van der Waals surface area (Å²) in [6.07, 6.45) is 0.592. The van der Waals surface area contributed by atoms with E-state index in [-0.39, 0.29) is 11.5 Å². The maximum atomic E-state index is 11.3. The molecular formula is C11H15BrClNO2S. The van der Waals surface area contributed by atoms with Crippen molar-refractivity contribution in [2.24, 2.45) is 0 Å². The maximum absolute atomic E-state index is 11.3. The Morgan fingerprint density at radius 1 is 1.41 bits per heavy atom. The van der Waals surface area contributed by atoms with Gasteiger partial charge in [0.1, 0.15) is 9.84 Å². The molecule has 3 nitrogen and oxygen atoms in total. The second kappa shape index (κ2) is 6.61. The van der Waals surface area contributed by atoms with Gasteiger partial charge in [-0.3, -0.25) is 0 Å². The van der Waals surface area contributed by atoms with Gasteiger partial charge in [0.25, 0.3) is 0 Å². The lowest BCUT2D eigenvalue weighted by Gasteiger charge is -2.08. The number of hydrogen-bond donors (Lipinski definition) is 1. The minimum Gasteiger partial charge on any atom is -0.384 e. The van der Waals surface area contributed by atoms with Crippen LogP contribution in [0.15, 0.2) is 22.7 Å². The first-order chi connectivity index (χ1) is 7.94. The lowest BCUT2D eigenvalue weighted by Crippen LogP contribution is -2.13.